The van der Waals surface area contributed by atoms with Crippen molar-refractivity contribution in [1.29, 1.82) is 0 Å². The van der Waals surface area contributed by atoms with Crippen LogP contribution in [0.3, 0.4) is 0 Å². The van der Waals surface area contributed by atoms with Crippen LogP contribution in [0.2, 0.25) is 0 Å². The van der Waals surface area contributed by atoms with Crippen molar-refractivity contribution < 1.29 is 13.7 Å². The quantitative estimate of drug-likeness (QED) is 0.820. The van der Waals surface area contributed by atoms with Gasteiger partial charge >= 0.3 is 0 Å². The van der Waals surface area contributed by atoms with Crippen LogP contribution in [-0.4, -0.2) is 37.0 Å². The summed E-state index contributed by atoms with van der Waals surface area (Å²) in [5.74, 6) is 1.98. The fourth-order valence-corrected chi connectivity index (χ4v) is 2.60. The van der Waals surface area contributed by atoms with E-state index in [1.54, 1.807) is 20.5 Å². The van der Waals surface area contributed by atoms with Gasteiger partial charge in [0.25, 0.3) is 0 Å². The second-order valence-electron chi connectivity index (χ2n) is 3.96. The monoisotopic (exact) mass is 271 g/mol. The van der Waals surface area contributed by atoms with E-state index in [1.165, 1.54) is 0 Å². The lowest BCUT2D eigenvalue weighted by atomic mass is 10.1. The average molecular weight is 271 g/mol. The minimum atomic E-state index is -0.848. The van der Waals surface area contributed by atoms with E-state index in [-0.39, 0.29) is 6.04 Å². The van der Waals surface area contributed by atoms with Gasteiger partial charge in [-0.25, -0.2) is 0 Å². The van der Waals surface area contributed by atoms with Crippen molar-refractivity contribution in [2.24, 2.45) is 0 Å². The molecule has 0 aliphatic heterocycles. The van der Waals surface area contributed by atoms with E-state index in [2.05, 4.69) is 5.32 Å². The predicted molar refractivity (Wildman–Crippen MR) is 74.9 cm³/mol. The van der Waals surface area contributed by atoms with Crippen LogP contribution in [0.4, 0.5) is 0 Å². The molecule has 1 aromatic rings. The minimum Gasteiger partial charge on any atom is -0.493 e. The Bertz CT molecular complexity index is 409. The van der Waals surface area contributed by atoms with Crippen LogP contribution in [-0.2, 0) is 10.8 Å². The third kappa shape index (κ3) is 3.99. The number of rotatable bonds is 7. The molecule has 0 radical (unpaired) electrons. The highest BCUT2D eigenvalue weighted by Gasteiger charge is 2.14. The standard InChI is InChI=1S/C13H21NO3S/c1-5-14-11(9-18(4)15)10-6-7-12(16-2)13(8-10)17-3/h6-8,11,14H,5,9H2,1-4H3. The zero-order valence-electron chi connectivity index (χ0n) is 11.4. The SMILES string of the molecule is CCNC(CS(C)=O)c1ccc(OC)c(OC)c1. The molecule has 2 atom stereocenters. The fourth-order valence-electron chi connectivity index (χ4n) is 1.82. The molecule has 1 rings (SSSR count). The Morgan fingerprint density at radius 1 is 1.28 bits per heavy atom. The highest BCUT2D eigenvalue weighted by molar-refractivity contribution is 7.84. The van der Waals surface area contributed by atoms with Gasteiger partial charge in [0.05, 0.1) is 14.2 Å². The largest absolute Gasteiger partial charge is 0.493 e. The third-order valence-electron chi connectivity index (χ3n) is 2.66. The van der Waals surface area contributed by atoms with Crippen LogP contribution in [0.5, 0.6) is 11.5 Å². The zero-order valence-corrected chi connectivity index (χ0v) is 12.2. The van der Waals surface area contributed by atoms with Gasteiger partial charge in [-0.2, -0.15) is 0 Å². The molecule has 0 fully saturated rings. The van der Waals surface area contributed by atoms with Crippen molar-refractivity contribution in [3.8, 4) is 11.5 Å². The lowest BCUT2D eigenvalue weighted by Gasteiger charge is -2.18. The molecular weight excluding hydrogens is 250 g/mol. The molecule has 0 amide bonds. The van der Waals surface area contributed by atoms with Gasteiger partial charge in [-0.05, 0) is 24.2 Å². The Kier molecular flexibility index (Phi) is 6.15. The van der Waals surface area contributed by atoms with Crippen LogP contribution in [0.25, 0.3) is 0 Å². The first-order chi connectivity index (χ1) is 8.62. The number of hydrogen-bond donors (Lipinski definition) is 1. The summed E-state index contributed by atoms with van der Waals surface area (Å²) in [6.45, 7) is 2.86. The lowest BCUT2D eigenvalue weighted by Crippen LogP contribution is -2.25. The van der Waals surface area contributed by atoms with Gasteiger partial charge in [0, 0.05) is 28.9 Å². The second kappa shape index (κ2) is 7.38. The average Bonchev–Trinajstić information content (AvgIpc) is 2.37. The Hall–Kier alpha value is -1.07. The van der Waals surface area contributed by atoms with Gasteiger partial charge in [-0.15, -0.1) is 0 Å². The van der Waals surface area contributed by atoms with E-state index in [9.17, 15) is 4.21 Å². The van der Waals surface area contributed by atoms with Gasteiger partial charge < -0.3 is 14.8 Å². The van der Waals surface area contributed by atoms with E-state index >= 15 is 0 Å². The summed E-state index contributed by atoms with van der Waals surface area (Å²) >= 11 is 0. The number of ether oxygens (including phenoxy) is 2. The van der Waals surface area contributed by atoms with E-state index in [4.69, 9.17) is 9.47 Å². The van der Waals surface area contributed by atoms with Gasteiger partial charge in [-0.1, -0.05) is 13.0 Å². The Balaban J connectivity index is 3.00. The molecule has 0 spiro atoms. The van der Waals surface area contributed by atoms with Crippen LogP contribution in [0.1, 0.15) is 18.5 Å². The molecule has 102 valence electrons. The van der Waals surface area contributed by atoms with Crippen molar-refractivity contribution in [2.45, 2.75) is 13.0 Å². The molecule has 0 heterocycles. The third-order valence-corrected chi connectivity index (χ3v) is 3.46. The molecule has 0 saturated carbocycles. The maximum Gasteiger partial charge on any atom is 0.161 e. The molecule has 5 heteroatoms. The molecule has 1 aromatic carbocycles. The summed E-state index contributed by atoms with van der Waals surface area (Å²) < 4.78 is 21.9. The Labute approximate surface area is 111 Å². The van der Waals surface area contributed by atoms with Crippen molar-refractivity contribution in [2.75, 3.05) is 32.8 Å². The summed E-state index contributed by atoms with van der Waals surface area (Å²) in [6.07, 6.45) is 1.71. The smallest absolute Gasteiger partial charge is 0.161 e. The first kappa shape index (κ1) is 15.0. The lowest BCUT2D eigenvalue weighted by molar-refractivity contribution is 0.354. The predicted octanol–water partition coefficient (Wildman–Crippen LogP) is 1.73. The zero-order chi connectivity index (χ0) is 13.5. The molecule has 4 nitrogen and oxygen atoms in total. The molecule has 0 saturated heterocycles. The summed E-state index contributed by atoms with van der Waals surface area (Å²) in [7, 11) is 2.38. The molecule has 1 N–H and O–H groups in total. The molecular formula is C13H21NO3S. The molecule has 0 aromatic heterocycles. The highest BCUT2D eigenvalue weighted by Crippen LogP contribution is 2.30. The van der Waals surface area contributed by atoms with E-state index in [0.29, 0.717) is 17.3 Å². The van der Waals surface area contributed by atoms with Gasteiger partial charge in [0.2, 0.25) is 0 Å². The van der Waals surface area contributed by atoms with Gasteiger partial charge in [-0.3, -0.25) is 4.21 Å². The van der Waals surface area contributed by atoms with E-state index < -0.39 is 10.8 Å². The topological polar surface area (TPSA) is 47.6 Å². The number of nitrogens with one attached hydrogen (secondary N) is 1. The molecule has 2 unspecified atom stereocenters. The number of methoxy groups -OCH3 is 2. The second-order valence-corrected chi connectivity index (χ2v) is 5.44. The summed E-state index contributed by atoms with van der Waals surface area (Å²) in [6, 6.07) is 5.85. The van der Waals surface area contributed by atoms with Crippen LogP contribution in [0, 0.1) is 0 Å². The summed E-state index contributed by atoms with van der Waals surface area (Å²) in [4.78, 5) is 0. The van der Waals surface area contributed by atoms with E-state index in [0.717, 1.165) is 12.1 Å². The van der Waals surface area contributed by atoms with Crippen LogP contribution in [0.15, 0.2) is 18.2 Å². The van der Waals surface area contributed by atoms with Crippen LogP contribution < -0.4 is 14.8 Å². The number of benzene rings is 1. The molecule has 0 bridgehead atoms. The fraction of sp³-hybridized carbons (Fsp3) is 0.538. The van der Waals surface area contributed by atoms with Crippen molar-refractivity contribution in [3.63, 3.8) is 0 Å². The van der Waals surface area contributed by atoms with Crippen LogP contribution >= 0.6 is 0 Å². The Morgan fingerprint density at radius 3 is 2.44 bits per heavy atom. The summed E-state index contributed by atoms with van der Waals surface area (Å²) in [5.41, 5.74) is 1.06. The normalized spacial score (nSPS) is 14.0. The van der Waals surface area contributed by atoms with E-state index in [1.807, 2.05) is 25.1 Å². The summed E-state index contributed by atoms with van der Waals surface area (Å²) in [5, 5.41) is 3.33. The molecule has 0 aliphatic carbocycles. The van der Waals surface area contributed by atoms with Gasteiger partial charge in [0.15, 0.2) is 11.5 Å². The molecule has 18 heavy (non-hydrogen) atoms. The Morgan fingerprint density at radius 2 is 1.94 bits per heavy atom. The van der Waals surface area contributed by atoms with Crippen molar-refractivity contribution in [1.82, 2.24) is 5.32 Å². The first-order valence-electron chi connectivity index (χ1n) is 5.87. The minimum absolute atomic E-state index is 0.0700. The van der Waals surface area contributed by atoms with Crippen molar-refractivity contribution in [3.05, 3.63) is 23.8 Å². The van der Waals surface area contributed by atoms with Crippen molar-refractivity contribution >= 4 is 10.8 Å². The number of hydrogen-bond acceptors (Lipinski definition) is 4. The maximum atomic E-state index is 11.4. The first-order valence-corrected chi connectivity index (χ1v) is 7.60. The highest BCUT2D eigenvalue weighted by atomic mass is 32.2. The maximum absolute atomic E-state index is 11.4. The van der Waals surface area contributed by atoms with Gasteiger partial charge in [0.1, 0.15) is 0 Å². The molecule has 0 aliphatic rings.